The summed E-state index contributed by atoms with van der Waals surface area (Å²) in [5, 5.41) is 11.7. The van der Waals surface area contributed by atoms with Gasteiger partial charge in [-0.15, -0.1) is 0 Å². The maximum atomic E-state index is 12.1. The van der Waals surface area contributed by atoms with Gasteiger partial charge in [-0.3, -0.25) is 4.79 Å². The topological polar surface area (TPSA) is 124 Å². The van der Waals surface area contributed by atoms with Crippen molar-refractivity contribution in [2.75, 3.05) is 18.5 Å². The van der Waals surface area contributed by atoms with E-state index in [-0.39, 0.29) is 12.5 Å². The highest BCUT2D eigenvalue weighted by molar-refractivity contribution is 5.89. The SMILES string of the molecule is CCCCC(NC(=O)CN(C)c1ncnc2nc[nH]c12)C(=O)O. The van der Waals surface area contributed by atoms with Gasteiger partial charge in [0.1, 0.15) is 17.9 Å². The van der Waals surface area contributed by atoms with Crippen molar-refractivity contribution in [2.24, 2.45) is 0 Å². The van der Waals surface area contributed by atoms with Crippen LogP contribution < -0.4 is 10.2 Å². The summed E-state index contributed by atoms with van der Waals surface area (Å²) in [5.41, 5.74) is 1.14. The fraction of sp³-hybridized carbons (Fsp3) is 0.500. The van der Waals surface area contributed by atoms with Gasteiger partial charge >= 0.3 is 5.97 Å². The quantitative estimate of drug-likeness (QED) is 0.648. The first-order valence-electron chi connectivity index (χ1n) is 7.40. The van der Waals surface area contributed by atoms with Crippen LogP contribution in [0.2, 0.25) is 0 Å². The zero-order valence-corrected chi connectivity index (χ0v) is 13.1. The van der Waals surface area contributed by atoms with Crippen molar-refractivity contribution in [3.63, 3.8) is 0 Å². The largest absolute Gasteiger partial charge is 0.480 e. The summed E-state index contributed by atoms with van der Waals surface area (Å²) in [4.78, 5) is 40.0. The molecule has 1 amide bonds. The van der Waals surface area contributed by atoms with Crippen molar-refractivity contribution in [3.8, 4) is 0 Å². The number of hydrogen-bond acceptors (Lipinski definition) is 6. The minimum absolute atomic E-state index is 0.0129. The number of anilines is 1. The molecule has 0 aliphatic heterocycles. The Morgan fingerprint density at radius 3 is 2.87 bits per heavy atom. The number of aliphatic carboxylic acids is 1. The Morgan fingerprint density at radius 2 is 2.17 bits per heavy atom. The molecule has 2 rings (SSSR count). The number of amides is 1. The second-order valence-corrected chi connectivity index (χ2v) is 5.26. The number of aromatic amines is 1. The first-order chi connectivity index (χ1) is 11.0. The van der Waals surface area contributed by atoms with E-state index in [1.807, 2.05) is 6.92 Å². The fourth-order valence-corrected chi connectivity index (χ4v) is 2.24. The van der Waals surface area contributed by atoms with Crippen LogP contribution in [0.1, 0.15) is 26.2 Å². The summed E-state index contributed by atoms with van der Waals surface area (Å²) >= 11 is 0. The Kier molecular flexibility index (Phi) is 5.45. The third-order valence-electron chi connectivity index (χ3n) is 3.42. The van der Waals surface area contributed by atoms with Crippen LogP contribution in [0.25, 0.3) is 11.2 Å². The number of fused-ring (bicyclic) bond motifs is 1. The number of H-pyrrole nitrogens is 1. The minimum atomic E-state index is -1.02. The van der Waals surface area contributed by atoms with E-state index in [9.17, 15) is 9.59 Å². The highest BCUT2D eigenvalue weighted by Gasteiger charge is 2.21. The number of unbranched alkanes of at least 4 members (excludes halogenated alkanes) is 1. The molecule has 2 heterocycles. The highest BCUT2D eigenvalue weighted by atomic mass is 16.4. The van der Waals surface area contributed by atoms with E-state index < -0.39 is 12.0 Å². The Balaban J connectivity index is 2.01. The number of carbonyl (C=O) groups is 2. The minimum Gasteiger partial charge on any atom is -0.480 e. The average molecular weight is 320 g/mol. The molecule has 0 saturated carbocycles. The van der Waals surface area contributed by atoms with Crippen LogP contribution in [0.3, 0.4) is 0 Å². The monoisotopic (exact) mass is 320 g/mol. The number of nitrogens with zero attached hydrogens (tertiary/aromatic N) is 4. The molecule has 2 aromatic rings. The van der Waals surface area contributed by atoms with E-state index in [1.165, 1.54) is 12.7 Å². The van der Waals surface area contributed by atoms with Crippen LogP contribution in [0.4, 0.5) is 5.82 Å². The Labute approximate surface area is 133 Å². The maximum Gasteiger partial charge on any atom is 0.326 e. The zero-order valence-electron chi connectivity index (χ0n) is 13.1. The van der Waals surface area contributed by atoms with Gasteiger partial charge in [-0.05, 0) is 6.42 Å². The molecule has 9 heteroatoms. The van der Waals surface area contributed by atoms with E-state index in [2.05, 4.69) is 25.3 Å². The summed E-state index contributed by atoms with van der Waals surface area (Å²) in [5.74, 6) is -0.863. The first-order valence-corrected chi connectivity index (χ1v) is 7.40. The number of hydrogen-bond donors (Lipinski definition) is 3. The number of nitrogens with one attached hydrogen (secondary N) is 2. The second kappa shape index (κ2) is 7.52. The molecule has 0 spiro atoms. The maximum absolute atomic E-state index is 12.1. The Morgan fingerprint density at radius 1 is 1.39 bits per heavy atom. The third-order valence-corrected chi connectivity index (χ3v) is 3.42. The van der Waals surface area contributed by atoms with Crippen molar-refractivity contribution in [1.29, 1.82) is 0 Å². The molecule has 0 aliphatic carbocycles. The van der Waals surface area contributed by atoms with E-state index in [0.29, 0.717) is 23.4 Å². The number of rotatable bonds is 8. The molecule has 23 heavy (non-hydrogen) atoms. The van der Waals surface area contributed by atoms with Crippen molar-refractivity contribution in [3.05, 3.63) is 12.7 Å². The van der Waals surface area contributed by atoms with Crippen LogP contribution in [-0.4, -0.2) is 56.6 Å². The zero-order chi connectivity index (χ0) is 16.8. The average Bonchev–Trinajstić information content (AvgIpc) is 2.99. The van der Waals surface area contributed by atoms with Crippen molar-refractivity contribution in [2.45, 2.75) is 32.2 Å². The number of likely N-dealkylation sites (N-methyl/N-ethyl adjacent to an activating group) is 1. The van der Waals surface area contributed by atoms with E-state index >= 15 is 0 Å². The predicted octanol–water partition coefficient (Wildman–Crippen LogP) is 0.549. The lowest BCUT2D eigenvalue weighted by Gasteiger charge is -2.20. The molecular weight excluding hydrogens is 300 g/mol. The number of carboxylic acids is 1. The Hall–Kier alpha value is -2.71. The number of carboxylic acid groups (broad SMARTS) is 1. The molecular formula is C14H20N6O3. The summed E-state index contributed by atoms with van der Waals surface area (Å²) < 4.78 is 0. The molecule has 0 fully saturated rings. The number of imidazole rings is 1. The van der Waals surface area contributed by atoms with Gasteiger partial charge in [0.2, 0.25) is 5.91 Å². The summed E-state index contributed by atoms with van der Waals surface area (Å²) in [7, 11) is 1.70. The van der Waals surface area contributed by atoms with Crippen molar-refractivity contribution >= 4 is 28.9 Å². The van der Waals surface area contributed by atoms with E-state index in [4.69, 9.17) is 5.11 Å². The summed E-state index contributed by atoms with van der Waals surface area (Å²) in [6, 6.07) is -0.867. The smallest absolute Gasteiger partial charge is 0.326 e. The van der Waals surface area contributed by atoms with Crippen LogP contribution in [0, 0.1) is 0 Å². The molecule has 124 valence electrons. The number of aromatic nitrogens is 4. The summed E-state index contributed by atoms with van der Waals surface area (Å²) in [6.45, 7) is 1.96. The molecule has 0 bridgehead atoms. The van der Waals surface area contributed by atoms with Gasteiger partial charge in [-0.2, -0.15) is 0 Å². The lowest BCUT2D eigenvalue weighted by atomic mass is 10.1. The van der Waals surface area contributed by atoms with Gasteiger partial charge in [0.05, 0.1) is 12.9 Å². The number of carbonyl (C=O) groups excluding carboxylic acids is 1. The molecule has 1 atom stereocenters. The molecule has 1 unspecified atom stereocenters. The molecule has 9 nitrogen and oxygen atoms in total. The van der Waals surface area contributed by atoms with Gasteiger partial charge in [-0.1, -0.05) is 19.8 Å². The van der Waals surface area contributed by atoms with Crippen LogP contribution in [-0.2, 0) is 9.59 Å². The van der Waals surface area contributed by atoms with Gasteiger partial charge < -0.3 is 20.3 Å². The third kappa shape index (κ3) is 4.15. The second-order valence-electron chi connectivity index (χ2n) is 5.26. The van der Waals surface area contributed by atoms with Gasteiger partial charge in [0.15, 0.2) is 11.5 Å². The standard InChI is InChI=1S/C14H20N6O3/c1-3-4-5-9(14(22)23)19-10(21)6-20(2)13-11-12(16-7-15-11)17-8-18-13/h7-9H,3-6H2,1-2H3,(H,19,21)(H,22,23)(H,15,16,17,18). The first kappa shape index (κ1) is 16.7. The van der Waals surface area contributed by atoms with Gasteiger partial charge in [0.25, 0.3) is 0 Å². The van der Waals surface area contributed by atoms with Gasteiger partial charge in [0, 0.05) is 7.05 Å². The van der Waals surface area contributed by atoms with Crippen LogP contribution >= 0.6 is 0 Å². The molecule has 0 radical (unpaired) electrons. The lowest BCUT2D eigenvalue weighted by Crippen LogP contribution is -2.45. The Bertz CT molecular complexity index is 686. The molecule has 0 saturated heterocycles. The van der Waals surface area contributed by atoms with Crippen LogP contribution in [0.5, 0.6) is 0 Å². The molecule has 3 N–H and O–H groups in total. The van der Waals surface area contributed by atoms with E-state index in [1.54, 1.807) is 11.9 Å². The molecule has 0 aromatic carbocycles. The highest BCUT2D eigenvalue weighted by Crippen LogP contribution is 2.17. The summed E-state index contributed by atoms with van der Waals surface area (Å²) in [6.07, 6.45) is 4.90. The predicted molar refractivity (Wildman–Crippen MR) is 84.0 cm³/mol. The lowest BCUT2D eigenvalue weighted by molar-refractivity contribution is -0.141. The van der Waals surface area contributed by atoms with E-state index in [0.717, 1.165) is 12.8 Å². The van der Waals surface area contributed by atoms with Crippen molar-refractivity contribution in [1.82, 2.24) is 25.3 Å². The van der Waals surface area contributed by atoms with Gasteiger partial charge in [-0.25, -0.2) is 19.7 Å². The molecule has 2 aromatic heterocycles. The normalized spacial score (nSPS) is 12.1. The fourth-order valence-electron chi connectivity index (χ4n) is 2.24. The molecule has 0 aliphatic rings. The van der Waals surface area contributed by atoms with Crippen LogP contribution in [0.15, 0.2) is 12.7 Å². The van der Waals surface area contributed by atoms with Crippen molar-refractivity contribution < 1.29 is 14.7 Å².